The molecule has 2 nitrogen and oxygen atoms in total. The number of aliphatic hydroxyl groups is 1. The van der Waals surface area contributed by atoms with Crippen molar-refractivity contribution in [2.75, 3.05) is 6.61 Å². The van der Waals surface area contributed by atoms with Gasteiger partial charge in [0.2, 0.25) is 0 Å². The molecule has 0 saturated carbocycles. The Kier molecular flexibility index (Phi) is 6.00. The van der Waals surface area contributed by atoms with Gasteiger partial charge in [-0.05, 0) is 37.5 Å². The SMILES string of the molecule is CCCC(C)COc1ccc(Br)cc1[C@H](C)O. The Balaban J connectivity index is 2.70. The van der Waals surface area contributed by atoms with Crippen molar-refractivity contribution in [3.63, 3.8) is 0 Å². The fourth-order valence-electron chi connectivity index (χ4n) is 1.79. The van der Waals surface area contributed by atoms with Gasteiger partial charge in [-0.25, -0.2) is 0 Å². The summed E-state index contributed by atoms with van der Waals surface area (Å²) in [5.41, 5.74) is 0.836. The predicted octanol–water partition coefficient (Wildman–Crippen LogP) is 4.32. The first-order valence-electron chi connectivity index (χ1n) is 6.14. The minimum absolute atomic E-state index is 0.510. The van der Waals surface area contributed by atoms with Crippen LogP contribution in [0, 0.1) is 5.92 Å². The minimum atomic E-state index is -0.510. The van der Waals surface area contributed by atoms with E-state index in [1.54, 1.807) is 6.92 Å². The summed E-state index contributed by atoms with van der Waals surface area (Å²) in [7, 11) is 0. The first kappa shape index (κ1) is 14.5. The van der Waals surface area contributed by atoms with Gasteiger partial charge in [0.15, 0.2) is 0 Å². The highest BCUT2D eigenvalue weighted by Gasteiger charge is 2.11. The molecule has 0 aliphatic heterocycles. The quantitative estimate of drug-likeness (QED) is 0.848. The molecule has 0 spiro atoms. The molecule has 0 radical (unpaired) electrons. The Hall–Kier alpha value is -0.540. The molecule has 3 heteroatoms. The smallest absolute Gasteiger partial charge is 0.125 e. The maximum absolute atomic E-state index is 9.70. The molecule has 17 heavy (non-hydrogen) atoms. The van der Waals surface area contributed by atoms with E-state index in [1.165, 1.54) is 12.8 Å². The van der Waals surface area contributed by atoms with Crippen molar-refractivity contribution in [3.8, 4) is 5.75 Å². The molecule has 0 bridgehead atoms. The van der Waals surface area contributed by atoms with Gasteiger partial charge in [-0.3, -0.25) is 0 Å². The second kappa shape index (κ2) is 7.02. The van der Waals surface area contributed by atoms with Crippen molar-refractivity contribution in [2.45, 2.75) is 39.7 Å². The summed E-state index contributed by atoms with van der Waals surface area (Å²) in [4.78, 5) is 0. The largest absolute Gasteiger partial charge is 0.493 e. The van der Waals surface area contributed by atoms with Crippen LogP contribution in [0.4, 0.5) is 0 Å². The molecule has 1 rings (SSSR count). The van der Waals surface area contributed by atoms with E-state index in [0.717, 1.165) is 15.8 Å². The lowest BCUT2D eigenvalue weighted by Crippen LogP contribution is -2.10. The van der Waals surface area contributed by atoms with Gasteiger partial charge < -0.3 is 9.84 Å². The lowest BCUT2D eigenvalue weighted by molar-refractivity contribution is 0.186. The van der Waals surface area contributed by atoms with E-state index in [2.05, 4.69) is 29.8 Å². The van der Waals surface area contributed by atoms with Gasteiger partial charge >= 0.3 is 0 Å². The van der Waals surface area contributed by atoms with Gasteiger partial charge in [-0.1, -0.05) is 36.2 Å². The summed E-state index contributed by atoms with van der Waals surface area (Å²) in [6.45, 7) is 6.82. The third-order valence-electron chi connectivity index (χ3n) is 2.73. The summed E-state index contributed by atoms with van der Waals surface area (Å²) in [6, 6.07) is 5.75. The third kappa shape index (κ3) is 4.68. The standard InChI is InChI=1S/C14H21BrO2/c1-4-5-10(2)9-17-14-7-6-12(15)8-13(14)11(3)16/h6-8,10-11,16H,4-5,9H2,1-3H3/t10?,11-/m0/s1. The Labute approximate surface area is 112 Å². The van der Waals surface area contributed by atoms with E-state index in [0.29, 0.717) is 12.5 Å². The van der Waals surface area contributed by atoms with Crippen molar-refractivity contribution in [2.24, 2.45) is 5.92 Å². The number of halogens is 1. The van der Waals surface area contributed by atoms with Gasteiger partial charge in [0.05, 0.1) is 12.7 Å². The molecule has 0 fully saturated rings. The Morgan fingerprint density at radius 1 is 1.35 bits per heavy atom. The molecule has 0 amide bonds. The Bertz CT molecular complexity index is 350. The van der Waals surface area contributed by atoms with Crippen molar-refractivity contribution in [1.29, 1.82) is 0 Å². The van der Waals surface area contributed by atoms with E-state index in [-0.39, 0.29) is 0 Å². The number of aliphatic hydroxyl groups excluding tert-OH is 1. The summed E-state index contributed by atoms with van der Waals surface area (Å²) >= 11 is 3.40. The monoisotopic (exact) mass is 300 g/mol. The molecular weight excluding hydrogens is 280 g/mol. The third-order valence-corrected chi connectivity index (χ3v) is 3.22. The summed E-state index contributed by atoms with van der Waals surface area (Å²) in [5, 5.41) is 9.70. The first-order chi connectivity index (χ1) is 8.04. The van der Waals surface area contributed by atoms with Crippen molar-refractivity contribution < 1.29 is 9.84 Å². The molecule has 2 atom stereocenters. The van der Waals surface area contributed by atoms with Crippen LogP contribution in [0.5, 0.6) is 5.75 Å². The van der Waals surface area contributed by atoms with E-state index in [4.69, 9.17) is 4.74 Å². The minimum Gasteiger partial charge on any atom is -0.493 e. The molecule has 1 aromatic carbocycles. The fourth-order valence-corrected chi connectivity index (χ4v) is 2.16. The van der Waals surface area contributed by atoms with Crippen LogP contribution in [-0.4, -0.2) is 11.7 Å². The van der Waals surface area contributed by atoms with Crippen molar-refractivity contribution in [3.05, 3.63) is 28.2 Å². The van der Waals surface area contributed by atoms with Crippen LogP contribution in [0.3, 0.4) is 0 Å². The van der Waals surface area contributed by atoms with Crippen molar-refractivity contribution >= 4 is 15.9 Å². The maximum atomic E-state index is 9.70. The molecule has 1 N–H and O–H groups in total. The Morgan fingerprint density at radius 3 is 2.65 bits per heavy atom. The van der Waals surface area contributed by atoms with E-state index in [1.807, 2.05) is 18.2 Å². The number of ether oxygens (including phenoxy) is 1. The zero-order valence-corrected chi connectivity index (χ0v) is 12.3. The van der Waals surface area contributed by atoms with Crippen LogP contribution in [0.25, 0.3) is 0 Å². The van der Waals surface area contributed by atoms with Gasteiger partial charge in [0.1, 0.15) is 5.75 Å². The number of hydrogen-bond acceptors (Lipinski definition) is 2. The molecule has 0 saturated heterocycles. The van der Waals surface area contributed by atoms with Crippen molar-refractivity contribution in [1.82, 2.24) is 0 Å². The molecule has 1 aromatic rings. The number of hydrogen-bond donors (Lipinski definition) is 1. The van der Waals surface area contributed by atoms with E-state index < -0.39 is 6.10 Å². The molecular formula is C14H21BrO2. The van der Waals surface area contributed by atoms with Gasteiger partial charge in [0.25, 0.3) is 0 Å². The second-order valence-corrected chi connectivity index (χ2v) is 5.48. The molecule has 96 valence electrons. The molecule has 0 aromatic heterocycles. The van der Waals surface area contributed by atoms with Crippen LogP contribution in [0.1, 0.15) is 45.3 Å². The van der Waals surface area contributed by atoms with Gasteiger partial charge in [0, 0.05) is 10.0 Å². The molecule has 1 unspecified atom stereocenters. The lowest BCUT2D eigenvalue weighted by atomic mass is 10.1. The first-order valence-corrected chi connectivity index (χ1v) is 6.94. The molecule has 0 heterocycles. The average molecular weight is 301 g/mol. The van der Waals surface area contributed by atoms with E-state index in [9.17, 15) is 5.11 Å². The zero-order chi connectivity index (χ0) is 12.8. The normalized spacial score (nSPS) is 14.4. The van der Waals surface area contributed by atoms with Crippen LogP contribution in [0.15, 0.2) is 22.7 Å². The average Bonchev–Trinajstić information content (AvgIpc) is 2.27. The predicted molar refractivity (Wildman–Crippen MR) is 74.3 cm³/mol. The summed E-state index contributed by atoms with van der Waals surface area (Å²) < 4.78 is 6.75. The highest BCUT2D eigenvalue weighted by Crippen LogP contribution is 2.29. The highest BCUT2D eigenvalue weighted by atomic mass is 79.9. The topological polar surface area (TPSA) is 29.5 Å². The van der Waals surface area contributed by atoms with Gasteiger partial charge in [-0.2, -0.15) is 0 Å². The number of rotatable bonds is 6. The Morgan fingerprint density at radius 2 is 2.06 bits per heavy atom. The summed E-state index contributed by atoms with van der Waals surface area (Å²) in [6.07, 6.45) is 1.83. The van der Waals surface area contributed by atoms with E-state index >= 15 is 0 Å². The fraction of sp³-hybridized carbons (Fsp3) is 0.571. The number of benzene rings is 1. The maximum Gasteiger partial charge on any atom is 0.125 e. The lowest BCUT2D eigenvalue weighted by Gasteiger charge is -2.16. The molecule has 0 aliphatic carbocycles. The summed E-state index contributed by atoms with van der Waals surface area (Å²) in [5.74, 6) is 1.33. The highest BCUT2D eigenvalue weighted by molar-refractivity contribution is 9.10. The van der Waals surface area contributed by atoms with Crippen LogP contribution in [0.2, 0.25) is 0 Å². The van der Waals surface area contributed by atoms with Crippen LogP contribution in [-0.2, 0) is 0 Å². The zero-order valence-electron chi connectivity index (χ0n) is 10.7. The molecule has 0 aliphatic rings. The van der Waals surface area contributed by atoms with Crippen LogP contribution < -0.4 is 4.74 Å². The second-order valence-electron chi connectivity index (χ2n) is 4.56. The van der Waals surface area contributed by atoms with Gasteiger partial charge in [-0.15, -0.1) is 0 Å². The van der Waals surface area contributed by atoms with Crippen LogP contribution >= 0.6 is 15.9 Å².